The summed E-state index contributed by atoms with van der Waals surface area (Å²) in [5, 5.41) is 21.5. The molecule has 3 N–H and O–H groups in total. The van der Waals surface area contributed by atoms with Gasteiger partial charge < -0.3 is 20.5 Å². The van der Waals surface area contributed by atoms with Crippen LogP contribution in [0.4, 0.5) is 0 Å². The smallest absolute Gasteiger partial charge is 0.191 e. The fraction of sp³-hybridized carbons (Fsp3) is 0.524. The number of aliphatic imine (C=N–C) groups is 1. The number of benzene rings is 1. The maximum Gasteiger partial charge on any atom is 0.191 e. The van der Waals surface area contributed by atoms with Crippen molar-refractivity contribution in [3.63, 3.8) is 0 Å². The number of rotatable bonds is 8. The molecule has 0 saturated heterocycles. The van der Waals surface area contributed by atoms with Crippen molar-refractivity contribution in [3.05, 3.63) is 40.7 Å². The number of ether oxygens (including phenoxy) is 1. The molecule has 1 aromatic heterocycles. The molecule has 0 saturated carbocycles. The van der Waals surface area contributed by atoms with E-state index in [0.717, 1.165) is 30.2 Å². The molecule has 0 aliphatic heterocycles. The number of hydrogen-bond donors (Lipinski definition) is 3. The van der Waals surface area contributed by atoms with Crippen LogP contribution >= 0.6 is 0 Å². The van der Waals surface area contributed by atoms with E-state index < -0.39 is 0 Å². The largest absolute Gasteiger partial charge is 0.504 e. The van der Waals surface area contributed by atoms with E-state index >= 15 is 0 Å². The molecule has 1 atom stereocenters. The summed E-state index contributed by atoms with van der Waals surface area (Å²) in [6, 6.07) is 5.73. The van der Waals surface area contributed by atoms with Gasteiger partial charge in [0.15, 0.2) is 17.5 Å². The summed E-state index contributed by atoms with van der Waals surface area (Å²) in [6.45, 7) is 9.69. The SMILES string of the molecule is CCNC(=NCCc1cccc(OC)c1O)NC(C)Cc1c(C)nn(C)c1C. The monoisotopic (exact) mass is 387 g/mol. The second-order valence-corrected chi connectivity index (χ2v) is 7.00. The minimum absolute atomic E-state index is 0.189. The molecule has 0 fully saturated rings. The molecule has 1 unspecified atom stereocenters. The van der Waals surface area contributed by atoms with Crippen molar-refractivity contribution in [2.45, 2.75) is 46.6 Å². The minimum Gasteiger partial charge on any atom is -0.504 e. The molecule has 0 bridgehead atoms. The Hall–Kier alpha value is -2.70. The lowest BCUT2D eigenvalue weighted by molar-refractivity contribution is 0.370. The summed E-state index contributed by atoms with van der Waals surface area (Å²) in [5.41, 5.74) is 4.37. The molecule has 0 aliphatic carbocycles. The van der Waals surface area contributed by atoms with E-state index in [1.165, 1.54) is 11.3 Å². The molecule has 28 heavy (non-hydrogen) atoms. The predicted octanol–water partition coefficient (Wildman–Crippen LogP) is 2.48. The van der Waals surface area contributed by atoms with Gasteiger partial charge >= 0.3 is 0 Å². The standard InChI is InChI=1S/C21H33N5O2/c1-7-22-21(23-12-11-17-9-8-10-19(28-6)20(17)27)24-14(2)13-18-15(3)25-26(5)16(18)4/h8-10,14,27H,7,11-13H2,1-6H3,(H2,22,23,24). The van der Waals surface area contributed by atoms with Crippen LogP contribution < -0.4 is 15.4 Å². The Labute approximate surface area is 167 Å². The molecular formula is C21H33N5O2. The van der Waals surface area contributed by atoms with Crippen LogP contribution in [0.25, 0.3) is 0 Å². The summed E-state index contributed by atoms with van der Waals surface area (Å²) in [7, 11) is 3.53. The average Bonchev–Trinajstić information content (AvgIpc) is 2.89. The number of phenolic OH excluding ortho intramolecular Hbond substituents is 1. The van der Waals surface area contributed by atoms with Crippen molar-refractivity contribution in [1.82, 2.24) is 20.4 Å². The van der Waals surface area contributed by atoms with E-state index in [1.54, 1.807) is 13.2 Å². The number of para-hydroxylation sites is 1. The molecule has 0 spiro atoms. The van der Waals surface area contributed by atoms with Crippen LogP contribution in [0, 0.1) is 13.8 Å². The van der Waals surface area contributed by atoms with Gasteiger partial charge in [-0.2, -0.15) is 5.10 Å². The zero-order chi connectivity index (χ0) is 20.7. The molecule has 0 amide bonds. The molecule has 1 aromatic carbocycles. The van der Waals surface area contributed by atoms with Crippen molar-refractivity contribution in [1.29, 1.82) is 0 Å². The Kier molecular flexibility index (Phi) is 7.72. The van der Waals surface area contributed by atoms with Crippen molar-refractivity contribution < 1.29 is 9.84 Å². The predicted molar refractivity (Wildman–Crippen MR) is 113 cm³/mol. The van der Waals surface area contributed by atoms with Crippen LogP contribution in [-0.2, 0) is 19.9 Å². The lowest BCUT2D eigenvalue weighted by atomic mass is 10.1. The van der Waals surface area contributed by atoms with E-state index in [4.69, 9.17) is 4.74 Å². The summed E-state index contributed by atoms with van der Waals surface area (Å²) in [5.74, 6) is 1.45. The third kappa shape index (κ3) is 5.41. The van der Waals surface area contributed by atoms with Crippen molar-refractivity contribution >= 4 is 5.96 Å². The van der Waals surface area contributed by atoms with Crippen LogP contribution in [0.5, 0.6) is 11.5 Å². The molecule has 1 heterocycles. The maximum absolute atomic E-state index is 10.2. The Bertz CT molecular complexity index is 813. The molecular weight excluding hydrogens is 354 g/mol. The highest BCUT2D eigenvalue weighted by molar-refractivity contribution is 5.80. The highest BCUT2D eigenvalue weighted by Gasteiger charge is 2.14. The zero-order valence-corrected chi connectivity index (χ0v) is 17.8. The number of hydrogen-bond acceptors (Lipinski definition) is 4. The highest BCUT2D eigenvalue weighted by atomic mass is 16.5. The van der Waals surface area contributed by atoms with E-state index in [0.29, 0.717) is 18.7 Å². The Morgan fingerprint density at radius 3 is 2.71 bits per heavy atom. The van der Waals surface area contributed by atoms with Crippen molar-refractivity contribution in [2.24, 2.45) is 12.0 Å². The number of aromatic hydroxyl groups is 1. The van der Waals surface area contributed by atoms with E-state index in [1.807, 2.05) is 30.8 Å². The van der Waals surface area contributed by atoms with Crippen molar-refractivity contribution in [2.75, 3.05) is 20.2 Å². The molecule has 154 valence electrons. The topological polar surface area (TPSA) is 83.7 Å². The maximum atomic E-state index is 10.2. The Morgan fingerprint density at radius 2 is 2.11 bits per heavy atom. The van der Waals surface area contributed by atoms with Crippen molar-refractivity contribution in [3.8, 4) is 11.5 Å². The first-order valence-electron chi connectivity index (χ1n) is 9.76. The summed E-state index contributed by atoms with van der Waals surface area (Å²) in [6.07, 6.45) is 1.52. The van der Waals surface area contributed by atoms with Gasteiger partial charge in [-0.15, -0.1) is 0 Å². The van der Waals surface area contributed by atoms with E-state index in [9.17, 15) is 5.11 Å². The lowest BCUT2D eigenvalue weighted by Gasteiger charge is -2.18. The first-order chi connectivity index (χ1) is 13.4. The summed E-state index contributed by atoms with van der Waals surface area (Å²) < 4.78 is 7.09. The lowest BCUT2D eigenvalue weighted by Crippen LogP contribution is -2.43. The van der Waals surface area contributed by atoms with Gasteiger partial charge in [0, 0.05) is 31.9 Å². The van der Waals surface area contributed by atoms with Gasteiger partial charge in [0.2, 0.25) is 0 Å². The fourth-order valence-electron chi connectivity index (χ4n) is 3.25. The van der Waals surface area contributed by atoms with Gasteiger partial charge in [0.1, 0.15) is 0 Å². The first kappa shape index (κ1) is 21.6. The van der Waals surface area contributed by atoms with E-state index in [2.05, 4.69) is 41.5 Å². The number of aryl methyl sites for hydroxylation is 2. The third-order valence-electron chi connectivity index (χ3n) is 4.85. The fourth-order valence-corrected chi connectivity index (χ4v) is 3.25. The molecule has 0 radical (unpaired) electrons. The molecule has 7 nitrogen and oxygen atoms in total. The zero-order valence-electron chi connectivity index (χ0n) is 17.8. The normalized spacial score (nSPS) is 12.7. The van der Waals surface area contributed by atoms with Gasteiger partial charge in [-0.05, 0) is 57.7 Å². The molecule has 2 rings (SSSR count). The number of nitrogens with one attached hydrogen (secondary N) is 2. The number of phenols is 1. The molecule has 0 aliphatic rings. The summed E-state index contributed by atoms with van der Waals surface area (Å²) >= 11 is 0. The number of nitrogens with zero attached hydrogens (tertiary/aromatic N) is 3. The van der Waals surface area contributed by atoms with Gasteiger partial charge in [-0.3, -0.25) is 9.67 Å². The van der Waals surface area contributed by atoms with Gasteiger partial charge in [-0.25, -0.2) is 0 Å². The second-order valence-electron chi connectivity index (χ2n) is 7.00. The van der Waals surface area contributed by atoms with Crippen LogP contribution in [0.2, 0.25) is 0 Å². The molecule has 2 aromatic rings. The number of methoxy groups -OCH3 is 1. The van der Waals surface area contributed by atoms with Crippen LogP contribution in [0.1, 0.15) is 36.4 Å². The van der Waals surface area contributed by atoms with Crippen LogP contribution in [-0.4, -0.2) is 47.1 Å². The minimum atomic E-state index is 0.189. The highest BCUT2D eigenvalue weighted by Crippen LogP contribution is 2.29. The average molecular weight is 388 g/mol. The van der Waals surface area contributed by atoms with Crippen LogP contribution in [0.3, 0.4) is 0 Å². The Morgan fingerprint density at radius 1 is 1.36 bits per heavy atom. The third-order valence-corrected chi connectivity index (χ3v) is 4.85. The summed E-state index contributed by atoms with van der Waals surface area (Å²) in [4.78, 5) is 4.66. The van der Waals surface area contributed by atoms with Gasteiger partial charge in [-0.1, -0.05) is 12.1 Å². The first-order valence-corrected chi connectivity index (χ1v) is 9.76. The van der Waals surface area contributed by atoms with Gasteiger partial charge in [0.05, 0.1) is 12.8 Å². The number of guanidine groups is 1. The molecule has 7 heteroatoms. The quantitative estimate of drug-likeness (QED) is 0.479. The number of aromatic nitrogens is 2. The Balaban J connectivity index is 2.00. The van der Waals surface area contributed by atoms with E-state index in [-0.39, 0.29) is 11.8 Å². The second kappa shape index (κ2) is 10.0. The van der Waals surface area contributed by atoms with Crippen LogP contribution in [0.15, 0.2) is 23.2 Å². The van der Waals surface area contributed by atoms with Gasteiger partial charge in [0.25, 0.3) is 0 Å².